The van der Waals surface area contributed by atoms with Crippen LogP contribution in [0.5, 0.6) is 5.75 Å². The molecule has 0 amide bonds. The van der Waals surface area contributed by atoms with Gasteiger partial charge in [-0.05, 0) is 0 Å². The lowest BCUT2D eigenvalue weighted by Crippen LogP contribution is -2.06. The van der Waals surface area contributed by atoms with Gasteiger partial charge < -0.3 is 4.74 Å². The molecule has 0 aliphatic carbocycles. The van der Waals surface area contributed by atoms with Gasteiger partial charge in [-0.15, -0.1) is 0 Å². The van der Waals surface area contributed by atoms with Gasteiger partial charge in [0.05, 0.1) is 0 Å². The SMILES string of the molecule is C=CC(=O)Oc1cc(F)cc(F)c1F. The average Bonchev–Trinajstić information content (AvgIpc) is 2.13. The van der Waals surface area contributed by atoms with Crippen LogP contribution < -0.4 is 4.74 Å². The Morgan fingerprint density at radius 3 is 2.57 bits per heavy atom. The van der Waals surface area contributed by atoms with Gasteiger partial charge in [0.2, 0.25) is 5.82 Å². The summed E-state index contributed by atoms with van der Waals surface area (Å²) in [5.41, 5.74) is 0. The number of carbonyl (C=O) groups excluding carboxylic acids is 1. The minimum atomic E-state index is -1.42. The predicted molar refractivity (Wildman–Crippen MR) is 42.1 cm³/mol. The molecule has 0 bridgehead atoms. The van der Waals surface area contributed by atoms with Crippen LogP contribution in [0.4, 0.5) is 13.2 Å². The molecule has 0 heterocycles. The molecule has 1 aromatic carbocycles. The van der Waals surface area contributed by atoms with Gasteiger partial charge >= 0.3 is 5.97 Å². The molecule has 0 aliphatic rings. The van der Waals surface area contributed by atoms with Crippen LogP contribution in [0.3, 0.4) is 0 Å². The van der Waals surface area contributed by atoms with Gasteiger partial charge in [-0.1, -0.05) is 6.58 Å². The van der Waals surface area contributed by atoms with Crippen molar-refractivity contribution >= 4 is 5.97 Å². The highest BCUT2D eigenvalue weighted by Crippen LogP contribution is 2.21. The normalized spacial score (nSPS) is 9.64. The van der Waals surface area contributed by atoms with E-state index in [9.17, 15) is 18.0 Å². The van der Waals surface area contributed by atoms with Crippen molar-refractivity contribution in [2.24, 2.45) is 0 Å². The third kappa shape index (κ3) is 2.12. The van der Waals surface area contributed by atoms with Crippen LogP contribution >= 0.6 is 0 Å². The molecule has 74 valence electrons. The highest BCUT2D eigenvalue weighted by Gasteiger charge is 2.13. The summed E-state index contributed by atoms with van der Waals surface area (Å²) in [7, 11) is 0. The maximum atomic E-state index is 12.8. The van der Waals surface area contributed by atoms with E-state index in [4.69, 9.17) is 0 Å². The van der Waals surface area contributed by atoms with Crippen molar-refractivity contribution in [3.8, 4) is 5.75 Å². The number of hydrogen-bond donors (Lipinski definition) is 0. The van der Waals surface area contributed by atoms with Crippen LogP contribution in [0.1, 0.15) is 0 Å². The lowest BCUT2D eigenvalue weighted by Gasteiger charge is -2.03. The van der Waals surface area contributed by atoms with Crippen LogP contribution in [0.15, 0.2) is 24.8 Å². The molecule has 0 fully saturated rings. The second-order valence-electron chi connectivity index (χ2n) is 2.32. The van der Waals surface area contributed by atoms with E-state index >= 15 is 0 Å². The molecule has 2 nitrogen and oxygen atoms in total. The van der Waals surface area contributed by atoms with Gasteiger partial charge in [0, 0.05) is 18.2 Å². The molecular weight excluding hydrogens is 197 g/mol. The largest absolute Gasteiger partial charge is 0.420 e. The highest BCUT2D eigenvalue weighted by molar-refractivity contribution is 5.83. The molecule has 1 aromatic rings. The van der Waals surface area contributed by atoms with E-state index in [0.717, 1.165) is 6.08 Å². The zero-order chi connectivity index (χ0) is 10.7. The van der Waals surface area contributed by atoms with Crippen LogP contribution in [0, 0.1) is 17.5 Å². The van der Waals surface area contributed by atoms with Gasteiger partial charge in [-0.25, -0.2) is 13.6 Å². The standard InChI is InChI=1S/C9H5F3O2/c1-2-8(13)14-7-4-5(10)3-6(11)9(7)12/h2-4H,1H2. The number of hydrogen-bond acceptors (Lipinski definition) is 2. The minimum absolute atomic E-state index is 0.348. The zero-order valence-corrected chi connectivity index (χ0v) is 6.89. The monoisotopic (exact) mass is 202 g/mol. The van der Waals surface area contributed by atoms with Crippen molar-refractivity contribution in [2.75, 3.05) is 0 Å². The lowest BCUT2D eigenvalue weighted by molar-refractivity contribution is -0.129. The Kier molecular flexibility index (Phi) is 2.91. The molecule has 5 heteroatoms. The Morgan fingerprint density at radius 2 is 2.00 bits per heavy atom. The van der Waals surface area contributed by atoms with Crippen LogP contribution in [0.25, 0.3) is 0 Å². The quantitative estimate of drug-likeness (QED) is 0.318. The van der Waals surface area contributed by atoms with E-state index in [0.29, 0.717) is 12.1 Å². The summed E-state index contributed by atoms with van der Waals surface area (Å²) in [6.45, 7) is 3.05. The van der Waals surface area contributed by atoms with Gasteiger partial charge in [0.25, 0.3) is 0 Å². The summed E-state index contributed by atoms with van der Waals surface area (Å²) in [6.07, 6.45) is 0.752. The van der Waals surface area contributed by atoms with E-state index in [1.54, 1.807) is 0 Å². The third-order valence-corrected chi connectivity index (χ3v) is 1.34. The maximum absolute atomic E-state index is 12.8. The molecule has 0 saturated carbocycles. The Labute approximate surface area is 77.6 Å². The van der Waals surface area contributed by atoms with Crippen LogP contribution in [0.2, 0.25) is 0 Å². The van der Waals surface area contributed by atoms with Gasteiger partial charge in [-0.2, -0.15) is 4.39 Å². The number of carbonyl (C=O) groups is 1. The molecule has 0 aromatic heterocycles. The first-order chi connectivity index (χ1) is 6.54. The Hall–Kier alpha value is -1.78. The van der Waals surface area contributed by atoms with Crippen LogP contribution in [-0.4, -0.2) is 5.97 Å². The van der Waals surface area contributed by atoms with Crippen molar-refractivity contribution in [3.63, 3.8) is 0 Å². The Morgan fingerprint density at radius 1 is 1.36 bits per heavy atom. The fourth-order valence-electron chi connectivity index (χ4n) is 0.757. The van der Waals surface area contributed by atoms with Crippen molar-refractivity contribution in [3.05, 3.63) is 42.2 Å². The number of rotatable bonds is 2. The summed E-state index contributed by atoms with van der Waals surface area (Å²) >= 11 is 0. The molecule has 0 spiro atoms. The fraction of sp³-hybridized carbons (Fsp3) is 0. The van der Waals surface area contributed by atoms with E-state index in [1.165, 1.54) is 0 Å². The van der Waals surface area contributed by atoms with E-state index in [1.807, 2.05) is 0 Å². The Bertz CT molecular complexity index is 388. The number of esters is 1. The first-order valence-corrected chi connectivity index (χ1v) is 3.53. The Balaban J connectivity index is 3.07. The van der Waals surface area contributed by atoms with Gasteiger partial charge in [0.15, 0.2) is 11.6 Å². The molecule has 0 saturated heterocycles. The van der Waals surface area contributed by atoms with Crippen molar-refractivity contribution < 1.29 is 22.7 Å². The molecule has 0 atom stereocenters. The van der Waals surface area contributed by atoms with E-state index in [-0.39, 0.29) is 0 Å². The van der Waals surface area contributed by atoms with Crippen LogP contribution in [-0.2, 0) is 4.79 Å². The molecule has 0 radical (unpaired) electrons. The smallest absolute Gasteiger partial charge is 0.335 e. The first kappa shape index (κ1) is 10.3. The summed E-state index contributed by atoms with van der Waals surface area (Å²) in [4.78, 5) is 10.6. The summed E-state index contributed by atoms with van der Waals surface area (Å²) in [5.74, 6) is -5.66. The number of benzene rings is 1. The maximum Gasteiger partial charge on any atom is 0.335 e. The van der Waals surface area contributed by atoms with Gasteiger partial charge in [0.1, 0.15) is 5.82 Å². The molecule has 14 heavy (non-hydrogen) atoms. The van der Waals surface area contributed by atoms with E-state index < -0.39 is 29.2 Å². The molecule has 0 unspecified atom stereocenters. The van der Waals surface area contributed by atoms with Gasteiger partial charge in [-0.3, -0.25) is 0 Å². The third-order valence-electron chi connectivity index (χ3n) is 1.34. The molecular formula is C9H5F3O2. The second-order valence-corrected chi connectivity index (χ2v) is 2.32. The lowest BCUT2D eigenvalue weighted by atomic mass is 10.3. The molecule has 1 rings (SSSR count). The molecule has 0 aliphatic heterocycles. The zero-order valence-electron chi connectivity index (χ0n) is 6.89. The predicted octanol–water partition coefficient (Wildman–Crippen LogP) is 2.20. The number of halogens is 3. The van der Waals surface area contributed by atoms with Crippen molar-refractivity contribution in [1.82, 2.24) is 0 Å². The highest BCUT2D eigenvalue weighted by atomic mass is 19.2. The summed E-state index contributed by atoms with van der Waals surface area (Å²) < 4.78 is 42.2. The van der Waals surface area contributed by atoms with Crippen molar-refractivity contribution in [2.45, 2.75) is 0 Å². The fourth-order valence-corrected chi connectivity index (χ4v) is 0.757. The minimum Gasteiger partial charge on any atom is -0.420 e. The average molecular weight is 202 g/mol. The topological polar surface area (TPSA) is 26.3 Å². The second kappa shape index (κ2) is 3.95. The van der Waals surface area contributed by atoms with Crippen molar-refractivity contribution in [1.29, 1.82) is 0 Å². The number of ether oxygens (including phenoxy) is 1. The first-order valence-electron chi connectivity index (χ1n) is 3.53. The summed E-state index contributed by atoms with van der Waals surface area (Å²) in [5, 5.41) is 0. The molecule has 0 N–H and O–H groups in total. The van der Waals surface area contributed by atoms with E-state index in [2.05, 4.69) is 11.3 Å². The summed E-state index contributed by atoms with van der Waals surface area (Å²) in [6, 6.07) is 0.917.